The van der Waals surface area contributed by atoms with E-state index in [1.54, 1.807) is 0 Å². The molecule has 0 saturated carbocycles. The van der Waals surface area contributed by atoms with Gasteiger partial charge in [0, 0.05) is 17.8 Å². The van der Waals surface area contributed by atoms with E-state index in [0.29, 0.717) is 0 Å². The lowest BCUT2D eigenvalue weighted by atomic mass is 10.1. The van der Waals surface area contributed by atoms with Crippen molar-refractivity contribution in [3.05, 3.63) is 53.3 Å². The summed E-state index contributed by atoms with van der Waals surface area (Å²) in [5.41, 5.74) is 5.07. The zero-order valence-electron chi connectivity index (χ0n) is 8.67. The molecule has 0 aliphatic heterocycles. The van der Waals surface area contributed by atoms with Gasteiger partial charge in [0.1, 0.15) is 0 Å². The predicted octanol–water partition coefficient (Wildman–Crippen LogP) is 3.56. The molecule has 1 nitrogen and oxygen atoms in total. The molecule has 0 fully saturated rings. The van der Waals surface area contributed by atoms with Gasteiger partial charge in [-0.1, -0.05) is 18.2 Å². The quantitative estimate of drug-likeness (QED) is 0.742. The van der Waals surface area contributed by atoms with Crippen molar-refractivity contribution in [2.75, 3.05) is 5.32 Å². The van der Waals surface area contributed by atoms with Gasteiger partial charge in [-0.3, -0.25) is 0 Å². The minimum absolute atomic E-state index is 1.02. The Balaban J connectivity index is 2.16. The van der Waals surface area contributed by atoms with Gasteiger partial charge in [-0.15, -0.1) is 0 Å². The molecule has 0 spiro atoms. The second kappa shape index (κ2) is 3.70. The average Bonchev–Trinajstić information content (AvgIpc) is 2.54. The van der Waals surface area contributed by atoms with E-state index >= 15 is 0 Å². The van der Waals surface area contributed by atoms with Gasteiger partial charge in [0.25, 0.3) is 0 Å². The van der Waals surface area contributed by atoms with Crippen LogP contribution in [0.3, 0.4) is 0 Å². The summed E-state index contributed by atoms with van der Waals surface area (Å²) in [7, 11) is 0. The lowest BCUT2D eigenvalue weighted by Gasteiger charge is -2.08. The maximum absolute atomic E-state index is 3.42. The molecule has 0 unspecified atom stereocenters. The number of rotatable bonds is 2. The fourth-order valence-electron chi connectivity index (χ4n) is 1.77. The molecule has 1 heteroatoms. The van der Waals surface area contributed by atoms with E-state index in [1.165, 1.54) is 22.5 Å². The van der Waals surface area contributed by atoms with Crippen LogP contribution >= 0.6 is 0 Å². The molecule has 1 N–H and O–H groups in total. The van der Waals surface area contributed by atoms with Crippen LogP contribution in [0.25, 0.3) is 0 Å². The summed E-state index contributed by atoms with van der Waals surface area (Å²) in [5, 5.41) is 3.42. The van der Waals surface area contributed by atoms with E-state index < -0.39 is 0 Å². The van der Waals surface area contributed by atoms with Gasteiger partial charge in [0.2, 0.25) is 0 Å². The maximum Gasteiger partial charge on any atom is 0.0387 e. The molecule has 1 aliphatic rings. The van der Waals surface area contributed by atoms with E-state index in [-0.39, 0.29) is 0 Å². The Hall–Kier alpha value is -1.50. The molecule has 0 radical (unpaired) electrons. The highest BCUT2D eigenvalue weighted by atomic mass is 14.9. The minimum atomic E-state index is 1.02. The first-order valence-corrected chi connectivity index (χ1v) is 4.95. The van der Waals surface area contributed by atoms with Crippen molar-refractivity contribution < 1.29 is 0 Å². The van der Waals surface area contributed by atoms with Crippen LogP contribution < -0.4 is 5.32 Å². The van der Waals surface area contributed by atoms with Gasteiger partial charge < -0.3 is 5.32 Å². The average molecular weight is 185 g/mol. The lowest BCUT2D eigenvalue weighted by Crippen LogP contribution is -1.97. The number of aryl methyl sites for hydroxylation is 2. The molecule has 0 heterocycles. The molecule has 1 aromatic carbocycles. The normalized spacial score (nSPS) is 14.3. The first-order valence-electron chi connectivity index (χ1n) is 4.95. The Bertz CT molecular complexity index is 379. The number of benzene rings is 1. The molecule has 0 saturated heterocycles. The molecule has 0 atom stereocenters. The van der Waals surface area contributed by atoms with Gasteiger partial charge >= 0.3 is 0 Å². The van der Waals surface area contributed by atoms with Gasteiger partial charge in [0.15, 0.2) is 0 Å². The van der Waals surface area contributed by atoms with Crippen LogP contribution in [0.1, 0.15) is 17.5 Å². The predicted molar refractivity (Wildman–Crippen MR) is 61.4 cm³/mol. The number of hydrogen-bond acceptors (Lipinski definition) is 1. The molecule has 14 heavy (non-hydrogen) atoms. The van der Waals surface area contributed by atoms with Crippen molar-refractivity contribution in [2.24, 2.45) is 0 Å². The summed E-state index contributed by atoms with van der Waals surface area (Å²) in [6, 6.07) is 6.53. The first-order chi connectivity index (χ1) is 6.74. The standard InChI is InChI=1S/C13H15N/c1-10-7-11(2)9-13(8-10)14-12-5-3-4-6-12/h3-5,7-9,14H,6H2,1-2H3. The summed E-state index contributed by atoms with van der Waals surface area (Å²) in [4.78, 5) is 0. The Morgan fingerprint density at radius 1 is 1.07 bits per heavy atom. The van der Waals surface area contributed by atoms with Crippen LogP contribution in [0.5, 0.6) is 0 Å². The second-order valence-electron chi connectivity index (χ2n) is 3.83. The molecular formula is C13H15N. The molecule has 1 aromatic rings. The summed E-state index contributed by atoms with van der Waals surface area (Å²) in [6.07, 6.45) is 7.39. The maximum atomic E-state index is 3.42. The first kappa shape index (κ1) is 9.07. The van der Waals surface area contributed by atoms with Crippen molar-refractivity contribution in [1.29, 1.82) is 0 Å². The van der Waals surface area contributed by atoms with Crippen LogP contribution in [0.4, 0.5) is 5.69 Å². The third-order valence-corrected chi connectivity index (χ3v) is 2.30. The highest BCUT2D eigenvalue weighted by Gasteiger charge is 2.00. The van der Waals surface area contributed by atoms with E-state index in [0.717, 1.165) is 6.42 Å². The lowest BCUT2D eigenvalue weighted by molar-refractivity contribution is 1.24. The minimum Gasteiger partial charge on any atom is -0.359 e. The van der Waals surface area contributed by atoms with Crippen LogP contribution in [-0.2, 0) is 0 Å². The molecular weight excluding hydrogens is 170 g/mol. The zero-order chi connectivity index (χ0) is 9.97. The summed E-state index contributed by atoms with van der Waals surface area (Å²) >= 11 is 0. The molecule has 0 amide bonds. The third kappa shape index (κ3) is 2.05. The van der Waals surface area contributed by atoms with Gasteiger partial charge in [-0.25, -0.2) is 0 Å². The van der Waals surface area contributed by atoms with Crippen molar-refractivity contribution in [2.45, 2.75) is 20.3 Å². The van der Waals surface area contributed by atoms with E-state index in [9.17, 15) is 0 Å². The fourth-order valence-corrected chi connectivity index (χ4v) is 1.77. The Morgan fingerprint density at radius 2 is 1.79 bits per heavy atom. The largest absolute Gasteiger partial charge is 0.359 e. The molecule has 0 bridgehead atoms. The summed E-state index contributed by atoms with van der Waals surface area (Å²) in [6.45, 7) is 4.25. The summed E-state index contributed by atoms with van der Waals surface area (Å²) < 4.78 is 0. The van der Waals surface area contributed by atoms with E-state index in [1.807, 2.05) is 0 Å². The Labute approximate surface area is 85.2 Å². The molecule has 1 aliphatic carbocycles. The fraction of sp³-hybridized carbons (Fsp3) is 0.231. The van der Waals surface area contributed by atoms with Gasteiger partial charge in [-0.05, 0) is 43.2 Å². The summed E-state index contributed by atoms with van der Waals surface area (Å²) in [5.74, 6) is 0. The van der Waals surface area contributed by atoms with Crippen LogP contribution in [0.2, 0.25) is 0 Å². The van der Waals surface area contributed by atoms with Gasteiger partial charge in [0.05, 0.1) is 0 Å². The number of nitrogens with one attached hydrogen (secondary N) is 1. The zero-order valence-corrected chi connectivity index (χ0v) is 8.67. The van der Waals surface area contributed by atoms with E-state index in [4.69, 9.17) is 0 Å². The third-order valence-electron chi connectivity index (χ3n) is 2.30. The Kier molecular flexibility index (Phi) is 2.40. The topological polar surface area (TPSA) is 12.0 Å². The van der Waals surface area contributed by atoms with Crippen molar-refractivity contribution in [3.63, 3.8) is 0 Å². The van der Waals surface area contributed by atoms with Crippen LogP contribution in [0, 0.1) is 13.8 Å². The van der Waals surface area contributed by atoms with Crippen LogP contribution in [0.15, 0.2) is 42.1 Å². The van der Waals surface area contributed by atoms with Gasteiger partial charge in [-0.2, -0.15) is 0 Å². The molecule has 2 rings (SSSR count). The smallest absolute Gasteiger partial charge is 0.0387 e. The van der Waals surface area contributed by atoms with Crippen molar-refractivity contribution in [3.8, 4) is 0 Å². The van der Waals surface area contributed by atoms with E-state index in [2.05, 4.69) is 55.6 Å². The van der Waals surface area contributed by atoms with Crippen molar-refractivity contribution in [1.82, 2.24) is 0 Å². The molecule has 72 valence electrons. The highest BCUT2D eigenvalue weighted by Crippen LogP contribution is 2.18. The molecule has 0 aromatic heterocycles. The number of hydrogen-bond donors (Lipinski definition) is 1. The highest BCUT2D eigenvalue weighted by molar-refractivity contribution is 5.53. The van der Waals surface area contributed by atoms with Crippen molar-refractivity contribution >= 4 is 5.69 Å². The SMILES string of the molecule is Cc1cc(C)cc(NC2=CC=CC2)c1. The Morgan fingerprint density at radius 3 is 2.36 bits per heavy atom. The number of anilines is 1. The van der Waals surface area contributed by atoms with Crippen LogP contribution in [-0.4, -0.2) is 0 Å². The second-order valence-corrected chi connectivity index (χ2v) is 3.83. The monoisotopic (exact) mass is 185 g/mol. The number of allylic oxidation sites excluding steroid dienone is 3.